The maximum atomic E-state index is 12.8. The van der Waals surface area contributed by atoms with Crippen molar-refractivity contribution >= 4 is 69.5 Å². The summed E-state index contributed by atoms with van der Waals surface area (Å²) in [5, 5.41) is 3.80. The van der Waals surface area contributed by atoms with Crippen molar-refractivity contribution in [2.75, 3.05) is 4.90 Å². The quantitative estimate of drug-likeness (QED) is 0.225. The number of urea groups is 1. The molecule has 1 aliphatic rings. The van der Waals surface area contributed by atoms with Crippen LogP contribution in [0, 0.1) is 3.57 Å². The van der Waals surface area contributed by atoms with E-state index in [9.17, 15) is 9.59 Å². The van der Waals surface area contributed by atoms with Gasteiger partial charge in [-0.3, -0.25) is 4.79 Å². The standard InChI is InChI=1S/C23H15Cl2IN2O3/c24-16-6-8-17(9-7-16)28-22(29)20(27-23(28)30)12-14-5-10-21(19(26)11-14)31-13-15-3-1-2-4-18(15)25/h1-12H,13H2,(H,27,30)/b20-12+. The number of nitrogens with one attached hydrogen (secondary N) is 1. The number of halogens is 3. The Hall–Kier alpha value is -2.55. The lowest BCUT2D eigenvalue weighted by Crippen LogP contribution is -2.30. The molecule has 31 heavy (non-hydrogen) atoms. The van der Waals surface area contributed by atoms with Crippen molar-refractivity contribution in [3.05, 3.63) is 97.2 Å². The van der Waals surface area contributed by atoms with Gasteiger partial charge >= 0.3 is 6.03 Å². The first kappa shape index (κ1) is 21.7. The third-order valence-corrected chi connectivity index (χ3v) is 6.03. The summed E-state index contributed by atoms with van der Waals surface area (Å²) in [6, 6.07) is 19.0. The van der Waals surface area contributed by atoms with Crippen LogP contribution >= 0.6 is 45.8 Å². The zero-order chi connectivity index (χ0) is 22.0. The van der Waals surface area contributed by atoms with Crippen molar-refractivity contribution in [2.24, 2.45) is 0 Å². The zero-order valence-corrected chi connectivity index (χ0v) is 19.6. The van der Waals surface area contributed by atoms with Crippen molar-refractivity contribution in [3.63, 3.8) is 0 Å². The van der Waals surface area contributed by atoms with E-state index in [0.717, 1.165) is 19.6 Å². The SMILES string of the molecule is O=C1N/C(=C/c2ccc(OCc3ccccc3Cl)c(I)c2)C(=O)N1c1ccc(Cl)cc1. The van der Waals surface area contributed by atoms with Crippen molar-refractivity contribution in [1.82, 2.24) is 5.32 Å². The first-order valence-electron chi connectivity index (χ1n) is 9.21. The Morgan fingerprint density at radius 2 is 1.74 bits per heavy atom. The lowest BCUT2D eigenvalue weighted by atomic mass is 10.1. The number of carbonyl (C=O) groups is 2. The van der Waals surface area contributed by atoms with Gasteiger partial charge in [0.25, 0.3) is 5.91 Å². The fourth-order valence-electron chi connectivity index (χ4n) is 3.02. The summed E-state index contributed by atoms with van der Waals surface area (Å²) in [7, 11) is 0. The number of benzene rings is 3. The van der Waals surface area contributed by atoms with Crippen molar-refractivity contribution in [1.29, 1.82) is 0 Å². The van der Waals surface area contributed by atoms with Gasteiger partial charge in [-0.05, 0) is 76.7 Å². The third-order valence-electron chi connectivity index (χ3n) is 4.57. The van der Waals surface area contributed by atoms with E-state index >= 15 is 0 Å². The molecule has 0 spiro atoms. The van der Waals surface area contributed by atoms with Crippen LogP contribution in [0.2, 0.25) is 10.0 Å². The fourth-order valence-corrected chi connectivity index (χ4v) is 4.03. The first-order chi connectivity index (χ1) is 14.9. The van der Waals surface area contributed by atoms with Crippen LogP contribution in [0.3, 0.4) is 0 Å². The molecule has 0 unspecified atom stereocenters. The largest absolute Gasteiger partial charge is 0.488 e. The summed E-state index contributed by atoms with van der Waals surface area (Å²) in [4.78, 5) is 26.2. The maximum absolute atomic E-state index is 12.8. The fraction of sp³-hybridized carbons (Fsp3) is 0.0435. The molecule has 0 saturated carbocycles. The number of imide groups is 1. The maximum Gasteiger partial charge on any atom is 0.333 e. The van der Waals surface area contributed by atoms with Gasteiger partial charge in [0, 0.05) is 15.6 Å². The number of anilines is 1. The van der Waals surface area contributed by atoms with Crippen molar-refractivity contribution in [2.45, 2.75) is 6.61 Å². The first-order valence-corrected chi connectivity index (χ1v) is 11.0. The molecule has 1 saturated heterocycles. The van der Waals surface area contributed by atoms with Gasteiger partial charge in [0.05, 0.1) is 9.26 Å². The molecule has 0 aromatic heterocycles. The second-order valence-electron chi connectivity index (χ2n) is 6.68. The van der Waals surface area contributed by atoms with E-state index in [1.165, 1.54) is 0 Å². The Kier molecular flexibility index (Phi) is 6.50. The molecular weight excluding hydrogens is 550 g/mol. The van der Waals surface area contributed by atoms with Crippen LogP contribution in [0.5, 0.6) is 5.75 Å². The van der Waals surface area contributed by atoms with Crippen molar-refractivity contribution < 1.29 is 14.3 Å². The molecular formula is C23H15Cl2IN2O3. The van der Waals surface area contributed by atoms with Crippen LogP contribution in [-0.2, 0) is 11.4 Å². The van der Waals surface area contributed by atoms with E-state index in [-0.39, 0.29) is 5.70 Å². The van der Waals surface area contributed by atoms with E-state index in [0.29, 0.717) is 28.1 Å². The lowest BCUT2D eigenvalue weighted by Gasteiger charge is -2.11. The molecule has 0 bridgehead atoms. The number of ether oxygens (including phenoxy) is 1. The van der Waals surface area contributed by atoms with Gasteiger partial charge in [-0.2, -0.15) is 0 Å². The number of hydrogen-bond donors (Lipinski definition) is 1. The number of hydrogen-bond acceptors (Lipinski definition) is 3. The number of carbonyl (C=O) groups excluding carboxylic acids is 2. The molecule has 3 aromatic carbocycles. The summed E-state index contributed by atoms with van der Waals surface area (Å²) in [5.74, 6) is 0.272. The summed E-state index contributed by atoms with van der Waals surface area (Å²) in [6.45, 7) is 0.348. The highest BCUT2D eigenvalue weighted by molar-refractivity contribution is 14.1. The minimum absolute atomic E-state index is 0.195. The van der Waals surface area contributed by atoms with Gasteiger partial charge in [0.1, 0.15) is 18.1 Å². The number of rotatable bonds is 5. The van der Waals surface area contributed by atoms with Gasteiger partial charge in [-0.25, -0.2) is 9.69 Å². The molecule has 0 aliphatic carbocycles. The molecule has 8 heteroatoms. The van der Waals surface area contributed by atoms with Gasteiger partial charge in [0.2, 0.25) is 0 Å². The third kappa shape index (κ3) is 4.87. The van der Waals surface area contributed by atoms with Gasteiger partial charge in [-0.1, -0.05) is 47.5 Å². The molecule has 5 nitrogen and oxygen atoms in total. The minimum atomic E-state index is -0.507. The normalized spacial score (nSPS) is 14.8. The predicted molar refractivity (Wildman–Crippen MR) is 130 cm³/mol. The van der Waals surface area contributed by atoms with E-state index in [1.807, 2.05) is 42.5 Å². The molecule has 1 heterocycles. The Labute approximate surface area is 202 Å². The monoisotopic (exact) mass is 564 g/mol. The van der Waals surface area contributed by atoms with Crippen LogP contribution in [0.1, 0.15) is 11.1 Å². The van der Waals surface area contributed by atoms with E-state index in [2.05, 4.69) is 27.9 Å². The second kappa shape index (κ2) is 9.30. The molecule has 1 fully saturated rings. The highest BCUT2D eigenvalue weighted by Gasteiger charge is 2.34. The van der Waals surface area contributed by atoms with Gasteiger partial charge in [0.15, 0.2) is 0 Å². The molecule has 156 valence electrons. The van der Waals surface area contributed by atoms with E-state index in [1.54, 1.807) is 30.3 Å². The average molecular weight is 565 g/mol. The Bertz CT molecular complexity index is 1200. The van der Waals surface area contributed by atoms with Crippen LogP contribution in [0.4, 0.5) is 10.5 Å². The predicted octanol–water partition coefficient (Wildman–Crippen LogP) is 6.27. The number of nitrogens with zero attached hydrogens (tertiary/aromatic N) is 1. The summed E-state index contributed by atoms with van der Waals surface area (Å²) >= 11 is 14.2. The van der Waals surface area contributed by atoms with Crippen LogP contribution in [0.25, 0.3) is 6.08 Å². The molecule has 3 aromatic rings. The Morgan fingerprint density at radius 3 is 2.45 bits per heavy atom. The topological polar surface area (TPSA) is 58.6 Å². The number of amides is 3. The second-order valence-corrected chi connectivity index (χ2v) is 8.68. The molecule has 1 N–H and O–H groups in total. The molecule has 1 aliphatic heterocycles. The molecule has 3 amide bonds. The Balaban J connectivity index is 1.50. The van der Waals surface area contributed by atoms with Gasteiger partial charge < -0.3 is 10.1 Å². The van der Waals surface area contributed by atoms with Crippen LogP contribution in [-0.4, -0.2) is 11.9 Å². The molecule has 4 rings (SSSR count). The average Bonchev–Trinajstić information content (AvgIpc) is 3.02. The smallest absolute Gasteiger partial charge is 0.333 e. The van der Waals surface area contributed by atoms with Crippen LogP contribution < -0.4 is 15.0 Å². The summed E-state index contributed by atoms with van der Waals surface area (Å²) in [6.07, 6.45) is 1.64. The summed E-state index contributed by atoms with van der Waals surface area (Å²) in [5.41, 5.74) is 2.30. The molecule has 0 atom stereocenters. The van der Waals surface area contributed by atoms with E-state index in [4.69, 9.17) is 27.9 Å². The zero-order valence-electron chi connectivity index (χ0n) is 15.9. The Morgan fingerprint density at radius 1 is 1.00 bits per heavy atom. The summed E-state index contributed by atoms with van der Waals surface area (Å²) < 4.78 is 6.75. The highest BCUT2D eigenvalue weighted by Crippen LogP contribution is 2.27. The molecule has 0 radical (unpaired) electrons. The van der Waals surface area contributed by atoms with Crippen molar-refractivity contribution in [3.8, 4) is 5.75 Å². The minimum Gasteiger partial charge on any atom is -0.488 e. The highest BCUT2D eigenvalue weighted by atomic mass is 127. The van der Waals surface area contributed by atoms with Gasteiger partial charge in [-0.15, -0.1) is 0 Å². The van der Waals surface area contributed by atoms with E-state index < -0.39 is 11.9 Å². The lowest BCUT2D eigenvalue weighted by molar-refractivity contribution is -0.113. The van der Waals surface area contributed by atoms with Crippen LogP contribution in [0.15, 0.2) is 72.4 Å².